The van der Waals surface area contributed by atoms with Gasteiger partial charge in [-0.25, -0.2) is 8.78 Å². The molecule has 2 amide bonds. The van der Waals surface area contributed by atoms with E-state index in [1.165, 1.54) is 0 Å². The first kappa shape index (κ1) is 13.1. The Kier molecular flexibility index (Phi) is 3.30. The number of imide groups is 1. The zero-order valence-electron chi connectivity index (χ0n) is 10.1. The molecule has 1 aromatic rings. The molecule has 1 atom stereocenters. The predicted molar refractivity (Wildman–Crippen MR) is 61.2 cm³/mol. The number of fused-ring (bicyclic) bond motifs is 1. The summed E-state index contributed by atoms with van der Waals surface area (Å²) in [6.07, 6.45) is 0.400. The van der Waals surface area contributed by atoms with Gasteiger partial charge in [0.15, 0.2) is 11.6 Å². The maximum atomic E-state index is 13.1. The Balaban J connectivity index is 2.47. The molecular weight excluding hydrogens is 254 g/mol. The monoisotopic (exact) mass is 264 g/mol. The topological polar surface area (TPSA) is 61.2 Å². The highest BCUT2D eigenvalue weighted by molar-refractivity contribution is 6.21. The van der Waals surface area contributed by atoms with Gasteiger partial charge in [0, 0.05) is 0 Å². The highest BCUT2D eigenvalue weighted by Gasteiger charge is 2.40. The Hall–Kier alpha value is -2.29. The number of benzene rings is 1. The average Bonchev–Trinajstić information content (AvgIpc) is 2.61. The minimum atomic E-state index is -1.17. The van der Waals surface area contributed by atoms with Gasteiger partial charge < -0.3 is 0 Å². The molecule has 0 radical (unpaired) electrons. The van der Waals surface area contributed by atoms with Crippen LogP contribution in [0.1, 0.15) is 40.5 Å². The minimum absolute atomic E-state index is 0.00701. The summed E-state index contributed by atoms with van der Waals surface area (Å²) in [6.45, 7) is 1.73. The molecule has 1 heterocycles. The molecule has 0 saturated carbocycles. The van der Waals surface area contributed by atoms with E-state index in [4.69, 9.17) is 5.26 Å². The quantitative estimate of drug-likeness (QED) is 0.787. The summed E-state index contributed by atoms with van der Waals surface area (Å²) < 4.78 is 26.2. The van der Waals surface area contributed by atoms with Gasteiger partial charge in [0.1, 0.15) is 0 Å². The molecule has 0 fully saturated rings. The third kappa shape index (κ3) is 1.97. The minimum Gasteiger partial charge on any atom is -0.270 e. The van der Waals surface area contributed by atoms with Crippen LogP contribution in [0.5, 0.6) is 0 Å². The van der Waals surface area contributed by atoms with E-state index in [1.807, 2.05) is 6.07 Å². The predicted octanol–water partition coefficient (Wildman–Crippen LogP) is 2.25. The number of amides is 2. The Labute approximate surface area is 108 Å². The van der Waals surface area contributed by atoms with Crippen molar-refractivity contribution in [3.05, 3.63) is 34.9 Å². The average molecular weight is 264 g/mol. The highest BCUT2D eigenvalue weighted by atomic mass is 19.2. The van der Waals surface area contributed by atoms with Gasteiger partial charge in [-0.2, -0.15) is 5.26 Å². The second kappa shape index (κ2) is 4.76. The summed E-state index contributed by atoms with van der Waals surface area (Å²) in [5.41, 5.74) is -0.305. The third-order valence-corrected chi connectivity index (χ3v) is 3.12. The van der Waals surface area contributed by atoms with Crippen molar-refractivity contribution in [3.8, 4) is 6.07 Å². The SMILES string of the molecule is CCC(CC#N)N1C(=O)c2cc(F)c(F)cc2C1=O. The second-order valence-corrected chi connectivity index (χ2v) is 4.22. The van der Waals surface area contributed by atoms with E-state index in [2.05, 4.69) is 0 Å². The number of carbonyl (C=O) groups excluding carboxylic acids is 2. The number of rotatable bonds is 3. The summed E-state index contributed by atoms with van der Waals surface area (Å²) in [4.78, 5) is 25.0. The molecule has 98 valence electrons. The van der Waals surface area contributed by atoms with Crippen LogP contribution in [0.15, 0.2) is 12.1 Å². The first-order valence-corrected chi connectivity index (χ1v) is 5.75. The molecule has 2 rings (SSSR count). The first-order chi connectivity index (χ1) is 9.01. The zero-order chi connectivity index (χ0) is 14.2. The molecule has 1 aliphatic heterocycles. The fraction of sp³-hybridized carbons (Fsp3) is 0.308. The summed E-state index contributed by atoms with van der Waals surface area (Å²) in [5.74, 6) is -3.70. The number of halogens is 2. The van der Waals surface area contributed by atoms with Crippen molar-refractivity contribution in [1.29, 1.82) is 5.26 Å². The van der Waals surface area contributed by atoms with E-state index in [1.54, 1.807) is 6.92 Å². The van der Waals surface area contributed by atoms with Crippen molar-refractivity contribution in [3.63, 3.8) is 0 Å². The van der Waals surface area contributed by atoms with E-state index < -0.39 is 29.5 Å². The molecule has 0 spiro atoms. The van der Waals surface area contributed by atoms with Crippen LogP contribution in [-0.4, -0.2) is 22.8 Å². The molecular formula is C13H10F2N2O2. The lowest BCUT2D eigenvalue weighted by Crippen LogP contribution is -2.39. The van der Waals surface area contributed by atoms with Gasteiger partial charge in [-0.15, -0.1) is 0 Å². The molecule has 0 bridgehead atoms. The first-order valence-electron chi connectivity index (χ1n) is 5.75. The van der Waals surface area contributed by atoms with Crippen LogP contribution in [0, 0.1) is 23.0 Å². The molecule has 1 aliphatic rings. The van der Waals surface area contributed by atoms with Crippen LogP contribution < -0.4 is 0 Å². The lowest BCUT2D eigenvalue weighted by Gasteiger charge is -2.22. The highest BCUT2D eigenvalue weighted by Crippen LogP contribution is 2.28. The second-order valence-electron chi connectivity index (χ2n) is 4.22. The molecule has 0 N–H and O–H groups in total. The van der Waals surface area contributed by atoms with Crippen LogP contribution in [0.3, 0.4) is 0 Å². The Bertz CT molecular complexity index is 566. The van der Waals surface area contributed by atoms with Gasteiger partial charge in [0.25, 0.3) is 11.8 Å². The maximum Gasteiger partial charge on any atom is 0.261 e. The van der Waals surface area contributed by atoms with E-state index >= 15 is 0 Å². The summed E-state index contributed by atoms with van der Waals surface area (Å²) >= 11 is 0. The maximum absolute atomic E-state index is 13.1. The molecule has 6 heteroatoms. The van der Waals surface area contributed by atoms with E-state index in [9.17, 15) is 18.4 Å². The number of hydrogen-bond donors (Lipinski definition) is 0. The Morgan fingerprint density at radius 2 is 1.68 bits per heavy atom. The molecule has 1 unspecified atom stereocenters. The third-order valence-electron chi connectivity index (χ3n) is 3.12. The van der Waals surface area contributed by atoms with Gasteiger partial charge in [-0.05, 0) is 18.6 Å². The van der Waals surface area contributed by atoms with Crippen molar-refractivity contribution >= 4 is 11.8 Å². The molecule has 0 aliphatic carbocycles. The van der Waals surface area contributed by atoms with Gasteiger partial charge in [0.2, 0.25) is 0 Å². The van der Waals surface area contributed by atoms with Gasteiger partial charge in [-0.1, -0.05) is 6.92 Å². The molecule has 0 saturated heterocycles. The van der Waals surface area contributed by atoms with Gasteiger partial charge in [0.05, 0.1) is 29.7 Å². The largest absolute Gasteiger partial charge is 0.270 e. The van der Waals surface area contributed by atoms with Crippen LogP contribution >= 0.6 is 0 Å². The molecule has 4 nitrogen and oxygen atoms in total. The van der Waals surface area contributed by atoms with Crippen molar-refractivity contribution in [1.82, 2.24) is 4.90 Å². The van der Waals surface area contributed by atoms with E-state index in [0.29, 0.717) is 6.42 Å². The van der Waals surface area contributed by atoms with Crippen LogP contribution in [-0.2, 0) is 0 Å². The van der Waals surface area contributed by atoms with Crippen LogP contribution in [0.4, 0.5) is 8.78 Å². The van der Waals surface area contributed by atoms with Crippen molar-refractivity contribution in [2.75, 3.05) is 0 Å². The zero-order valence-corrected chi connectivity index (χ0v) is 10.1. The smallest absolute Gasteiger partial charge is 0.261 e. The Morgan fingerprint density at radius 1 is 1.21 bits per heavy atom. The van der Waals surface area contributed by atoms with Crippen LogP contribution in [0.2, 0.25) is 0 Å². The fourth-order valence-electron chi connectivity index (χ4n) is 2.11. The summed E-state index contributed by atoms with van der Waals surface area (Å²) in [7, 11) is 0. The lowest BCUT2D eigenvalue weighted by molar-refractivity contribution is 0.0582. The normalized spacial score (nSPS) is 15.4. The Morgan fingerprint density at radius 3 is 2.05 bits per heavy atom. The van der Waals surface area contributed by atoms with Gasteiger partial charge in [-0.3, -0.25) is 14.5 Å². The molecule has 0 aromatic heterocycles. The molecule has 1 aromatic carbocycles. The fourth-order valence-corrected chi connectivity index (χ4v) is 2.11. The van der Waals surface area contributed by atoms with Crippen molar-refractivity contribution in [2.24, 2.45) is 0 Å². The molecule has 19 heavy (non-hydrogen) atoms. The van der Waals surface area contributed by atoms with Gasteiger partial charge >= 0.3 is 0 Å². The van der Waals surface area contributed by atoms with E-state index in [-0.39, 0.29) is 17.5 Å². The van der Waals surface area contributed by atoms with Crippen LogP contribution in [0.25, 0.3) is 0 Å². The number of hydrogen-bond acceptors (Lipinski definition) is 3. The number of nitriles is 1. The number of nitrogens with zero attached hydrogens (tertiary/aromatic N) is 2. The standard InChI is InChI=1S/C13H10F2N2O2/c1-2-7(3-4-16)17-12(18)8-5-10(14)11(15)6-9(8)13(17)19/h5-7H,2-3H2,1H3. The van der Waals surface area contributed by atoms with Crippen molar-refractivity contribution < 1.29 is 18.4 Å². The number of carbonyl (C=O) groups is 2. The summed E-state index contributed by atoms with van der Waals surface area (Å²) in [5, 5.41) is 8.69. The lowest BCUT2D eigenvalue weighted by atomic mass is 10.1. The van der Waals surface area contributed by atoms with Crippen molar-refractivity contribution in [2.45, 2.75) is 25.8 Å². The van der Waals surface area contributed by atoms with E-state index in [0.717, 1.165) is 17.0 Å². The summed E-state index contributed by atoms with van der Waals surface area (Å²) in [6, 6.07) is 2.76.